The summed E-state index contributed by atoms with van der Waals surface area (Å²) in [6.45, 7) is 2.33. The number of nitrogens with zero attached hydrogens (tertiary/aromatic N) is 3. The monoisotopic (exact) mass is 511 g/mol. The summed E-state index contributed by atoms with van der Waals surface area (Å²) in [5.74, 6) is 0.946. The zero-order chi connectivity index (χ0) is 23.2. The number of phenolic OH excluding ortho intramolecular Hbond substituents is 1. The molecule has 2 aliphatic heterocycles. The van der Waals surface area contributed by atoms with Gasteiger partial charge in [0, 0.05) is 44.5 Å². The normalized spacial score (nSPS) is 27.0. The van der Waals surface area contributed by atoms with Crippen LogP contribution in [0.25, 0.3) is 0 Å². The van der Waals surface area contributed by atoms with E-state index in [9.17, 15) is 21.9 Å². The summed E-state index contributed by atoms with van der Waals surface area (Å²) in [6.07, 6.45) is 2.11. The Morgan fingerprint density at radius 1 is 1.06 bits per heavy atom. The fourth-order valence-electron chi connectivity index (χ4n) is 5.01. The number of phenols is 1. The van der Waals surface area contributed by atoms with Crippen LogP contribution in [0, 0.1) is 5.92 Å². The highest BCUT2D eigenvalue weighted by molar-refractivity contribution is 7.91. The third-order valence-corrected chi connectivity index (χ3v) is 11.8. The van der Waals surface area contributed by atoms with E-state index in [0.29, 0.717) is 42.9 Å². The third-order valence-electron chi connectivity index (χ3n) is 6.91. The van der Waals surface area contributed by atoms with Crippen molar-refractivity contribution in [2.24, 2.45) is 5.92 Å². The quantitative estimate of drug-likeness (QED) is 0.632. The van der Waals surface area contributed by atoms with Crippen molar-refractivity contribution in [1.29, 1.82) is 0 Å². The van der Waals surface area contributed by atoms with Gasteiger partial charge < -0.3 is 10.0 Å². The molecule has 3 aliphatic rings. The van der Waals surface area contributed by atoms with E-state index in [1.165, 1.54) is 11.3 Å². The Labute approximate surface area is 199 Å². The molecule has 0 radical (unpaired) electrons. The maximum atomic E-state index is 13.2. The summed E-state index contributed by atoms with van der Waals surface area (Å²) >= 11 is 1.22. The molecule has 1 saturated carbocycles. The van der Waals surface area contributed by atoms with E-state index < -0.39 is 19.9 Å². The van der Waals surface area contributed by atoms with E-state index in [1.54, 1.807) is 34.0 Å². The first-order valence-corrected chi connectivity index (χ1v) is 15.4. The van der Waals surface area contributed by atoms with Crippen molar-refractivity contribution < 1.29 is 21.9 Å². The van der Waals surface area contributed by atoms with Gasteiger partial charge in [0.1, 0.15) is 9.96 Å². The second kappa shape index (κ2) is 8.84. The van der Waals surface area contributed by atoms with E-state index in [2.05, 4.69) is 9.80 Å². The molecule has 33 heavy (non-hydrogen) atoms. The minimum atomic E-state index is -3.57. The Bertz CT molecular complexity index is 1180. The van der Waals surface area contributed by atoms with E-state index in [-0.39, 0.29) is 29.3 Å². The molecule has 1 N–H and O–H groups in total. The van der Waals surface area contributed by atoms with Crippen LogP contribution in [0.2, 0.25) is 0 Å². The van der Waals surface area contributed by atoms with E-state index >= 15 is 0 Å². The molecule has 0 spiro atoms. The minimum Gasteiger partial charge on any atom is -0.508 e. The summed E-state index contributed by atoms with van der Waals surface area (Å²) in [5.41, 5.74) is 0.929. The number of piperazine rings is 1. The van der Waals surface area contributed by atoms with Gasteiger partial charge in [-0.15, -0.1) is 11.3 Å². The molecule has 2 aromatic rings. The van der Waals surface area contributed by atoms with Crippen molar-refractivity contribution >= 4 is 36.9 Å². The van der Waals surface area contributed by atoms with Crippen molar-refractivity contribution in [3.63, 3.8) is 0 Å². The molecule has 1 aliphatic carbocycles. The topological polar surface area (TPSA) is 98.2 Å². The van der Waals surface area contributed by atoms with E-state index in [4.69, 9.17) is 0 Å². The predicted octanol–water partition coefficient (Wildman–Crippen LogP) is 1.84. The first-order chi connectivity index (χ1) is 15.7. The van der Waals surface area contributed by atoms with Gasteiger partial charge in [0.25, 0.3) is 10.0 Å². The predicted molar refractivity (Wildman–Crippen MR) is 129 cm³/mol. The number of rotatable bonds is 6. The average molecular weight is 512 g/mol. The molecule has 1 aromatic carbocycles. The van der Waals surface area contributed by atoms with Crippen LogP contribution in [0.1, 0.15) is 12.8 Å². The SMILES string of the molecule is O=S1(=O)CCN(C[C@H]2CN(S(=O)(=O)c3cccs3)CCN2c2ccc(O)cc2)[C@H](C2CC2)C1. The van der Waals surface area contributed by atoms with Gasteiger partial charge in [-0.2, -0.15) is 4.31 Å². The Balaban J connectivity index is 1.42. The number of hydrogen-bond acceptors (Lipinski definition) is 8. The molecule has 11 heteroatoms. The summed E-state index contributed by atoms with van der Waals surface area (Å²) in [6, 6.07) is 10.3. The smallest absolute Gasteiger partial charge is 0.252 e. The lowest BCUT2D eigenvalue weighted by molar-refractivity contribution is 0.165. The standard InChI is InChI=1S/C22H29N3O5S3/c26-20-7-5-18(6-8-20)25-10-9-24(33(29,30)22-2-1-12-31-22)15-19(25)14-23-11-13-32(27,28)16-21(23)17-3-4-17/h1-2,5-8,12,17,19,21,26H,3-4,9-11,13-16H2/t19-,21-/m0/s1. The van der Waals surface area contributed by atoms with Crippen molar-refractivity contribution in [1.82, 2.24) is 9.21 Å². The van der Waals surface area contributed by atoms with Gasteiger partial charge in [-0.1, -0.05) is 6.07 Å². The molecule has 3 fully saturated rings. The molecule has 180 valence electrons. The summed E-state index contributed by atoms with van der Waals surface area (Å²) in [7, 11) is -6.60. The summed E-state index contributed by atoms with van der Waals surface area (Å²) in [4.78, 5) is 4.48. The maximum absolute atomic E-state index is 13.2. The minimum absolute atomic E-state index is 0.00898. The molecule has 1 aromatic heterocycles. The molecule has 0 amide bonds. The van der Waals surface area contributed by atoms with E-state index in [1.807, 2.05) is 12.1 Å². The molecule has 2 atom stereocenters. The van der Waals surface area contributed by atoms with Crippen LogP contribution in [0.4, 0.5) is 5.69 Å². The van der Waals surface area contributed by atoms with E-state index in [0.717, 1.165) is 18.5 Å². The van der Waals surface area contributed by atoms with Crippen molar-refractivity contribution in [3.8, 4) is 5.75 Å². The van der Waals surface area contributed by atoms with Crippen LogP contribution in [0.3, 0.4) is 0 Å². The fourth-order valence-corrected chi connectivity index (χ4v) is 9.30. The van der Waals surface area contributed by atoms with Crippen LogP contribution in [-0.4, -0.2) is 87.5 Å². The Kier molecular flexibility index (Phi) is 6.19. The van der Waals surface area contributed by atoms with Gasteiger partial charge in [-0.05, 0) is 54.5 Å². The third kappa shape index (κ3) is 4.93. The average Bonchev–Trinajstić information content (AvgIpc) is 3.47. The lowest BCUT2D eigenvalue weighted by Gasteiger charge is -2.46. The Morgan fingerprint density at radius 3 is 2.48 bits per heavy atom. The summed E-state index contributed by atoms with van der Waals surface area (Å²) in [5, 5.41) is 11.5. The molecule has 2 saturated heterocycles. The second-order valence-electron chi connectivity index (χ2n) is 9.17. The number of aromatic hydroxyl groups is 1. The molecular weight excluding hydrogens is 482 g/mol. The number of anilines is 1. The van der Waals surface area contributed by atoms with Gasteiger partial charge in [-0.3, -0.25) is 4.90 Å². The molecule has 5 rings (SSSR count). The summed E-state index contributed by atoms with van der Waals surface area (Å²) < 4.78 is 53.0. The van der Waals surface area contributed by atoms with Crippen molar-refractivity contribution in [2.45, 2.75) is 29.1 Å². The van der Waals surface area contributed by atoms with Gasteiger partial charge >= 0.3 is 0 Å². The van der Waals surface area contributed by atoms with Gasteiger partial charge in [-0.25, -0.2) is 16.8 Å². The molecule has 0 unspecified atom stereocenters. The number of thiophene rings is 1. The van der Waals surface area contributed by atoms with Gasteiger partial charge in [0.05, 0.1) is 17.5 Å². The first kappa shape index (κ1) is 23.1. The second-order valence-corrected chi connectivity index (χ2v) is 14.5. The zero-order valence-corrected chi connectivity index (χ0v) is 20.7. The molecule has 8 nitrogen and oxygen atoms in total. The number of sulfone groups is 1. The highest BCUT2D eigenvalue weighted by Gasteiger charge is 2.43. The Morgan fingerprint density at radius 2 is 1.82 bits per heavy atom. The highest BCUT2D eigenvalue weighted by atomic mass is 32.2. The van der Waals surface area contributed by atoms with Crippen LogP contribution in [-0.2, 0) is 19.9 Å². The lowest BCUT2D eigenvalue weighted by Crippen LogP contribution is -2.61. The van der Waals surface area contributed by atoms with Crippen LogP contribution < -0.4 is 4.90 Å². The number of hydrogen-bond donors (Lipinski definition) is 1. The first-order valence-electron chi connectivity index (χ1n) is 11.3. The Hall–Kier alpha value is -1.66. The van der Waals surface area contributed by atoms with Crippen LogP contribution in [0.15, 0.2) is 46.0 Å². The van der Waals surface area contributed by atoms with Crippen molar-refractivity contribution in [3.05, 3.63) is 41.8 Å². The molecular formula is C22H29N3O5S3. The zero-order valence-electron chi connectivity index (χ0n) is 18.3. The molecule has 0 bridgehead atoms. The lowest BCUT2D eigenvalue weighted by atomic mass is 10.1. The van der Waals surface area contributed by atoms with Gasteiger partial charge in [0.2, 0.25) is 0 Å². The fraction of sp³-hybridized carbons (Fsp3) is 0.545. The van der Waals surface area contributed by atoms with Gasteiger partial charge in [0.15, 0.2) is 9.84 Å². The van der Waals surface area contributed by atoms with Crippen LogP contribution >= 0.6 is 11.3 Å². The molecule has 3 heterocycles. The van der Waals surface area contributed by atoms with Crippen LogP contribution in [0.5, 0.6) is 5.75 Å². The largest absolute Gasteiger partial charge is 0.508 e. The maximum Gasteiger partial charge on any atom is 0.252 e. The number of sulfonamides is 1. The number of benzene rings is 1. The highest BCUT2D eigenvalue weighted by Crippen LogP contribution is 2.38. The van der Waals surface area contributed by atoms with Crippen molar-refractivity contribution in [2.75, 3.05) is 49.1 Å².